The Morgan fingerprint density at radius 1 is 0.969 bits per heavy atom. The number of carbonyl (C=O) groups excluding carboxylic acids is 3. The molecule has 9 heteroatoms. The van der Waals surface area contributed by atoms with Gasteiger partial charge in [-0.15, -0.1) is 0 Å². The van der Waals surface area contributed by atoms with Crippen LogP contribution in [0.4, 0.5) is 5.69 Å². The summed E-state index contributed by atoms with van der Waals surface area (Å²) in [6, 6.07) is 12.5. The number of carbonyl (C=O) groups is 3. The number of rotatable bonds is 6. The zero-order chi connectivity index (χ0) is 22.9. The van der Waals surface area contributed by atoms with E-state index in [0.29, 0.717) is 0 Å². The van der Waals surface area contributed by atoms with Gasteiger partial charge in [-0.05, 0) is 37.1 Å². The number of hydrogen-bond donors (Lipinski definition) is 1. The number of imide groups is 1. The number of hydrogen-bond acceptors (Lipinski definition) is 5. The lowest BCUT2D eigenvalue weighted by atomic mass is 9.96. The summed E-state index contributed by atoms with van der Waals surface area (Å²) < 4.78 is 28.0. The monoisotopic (exact) mass is 455 g/mol. The summed E-state index contributed by atoms with van der Waals surface area (Å²) in [6.07, 6.45) is 4.70. The molecule has 2 aromatic rings. The Morgan fingerprint density at radius 3 is 2.16 bits per heavy atom. The number of fused-ring (bicyclic) bond motifs is 1. The average Bonchev–Trinajstić information content (AvgIpc) is 3.04. The molecule has 1 heterocycles. The standard InChI is InChI=1S/C23H25N3O5S/c1-25(16-9-3-2-4-10-16)32(30,31)20-14-8-7-13-19(20)24-21(27)15-26-22(28)17-11-5-6-12-18(17)23(26)29/h5-8,11-14,16H,2-4,9-10,15H2,1H3,(H,24,27). The highest BCUT2D eigenvalue weighted by molar-refractivity contribution is 7.89. The maximum absolute atomic E-state index is 13.3. The molecule has 1 aliphatic carbocycles. The van der Waals surface area contributed by atoms with Crippen LogP contribution in [0.3, 0.4) is 0 Å². The van der Waals surface area contributed by atoms with E-state index in [1.807, 2.05) is 0 Å². The number of anilines is 1. The molecule has 2 aromatic carbocycles. The van der Waals surface area contributed by atoms with E-state index >= 15 is 0 Å². The summed E-state index contributed by atoms with van der Waals surface area (Å²) in [4.78, 5) is 38.6. The van der Waals surface area contributed by atoms with Crippen molar-refractivity contribution < 1.29 is 22.8 Å². The lowest BCUT2D eigenvalue weighted by molar-refractivity contribution is -0.116. The van der Waals surface area contributed by atoms with Gasteiger partial charge in [0.05, 0.1) is 16.8 Å². The van der Waals surface area contributed by atoms with Crippen LogP contribution in [0.25, 0.3) is 0 Å². The van der Waals surface area contributed by atoms with Crippen LogP contribution < -0.4 is 5.32 Å². The lowest BCUT2D eigenvalue weighted by Crippen LogP contribution is -2.39. The van der Waals surface area contributed by atoms with Gasteiger partial charge in [-0.2, -0.15) is 4.31 Å². The van der Waals surface area contributed by atoms with Gasteiger partial charge in [-0.1, -0.05) is 43.5 Å². The van der Waals surface area contributed by atoms with E-state index in [0.717, 1.165) is 37.0 Å². The Balaban J connectivity index is 1.52. The third kappa shape index (κ3) is 4.05. The van der Waals surface area contributed by atoms with Gasteiger partial charge in [-0.3, -0.25) is 19.3 Å². The molecule has 0 aromatic heterocycles. The highest BCUT2D eigenvalue weighted by Gasteiger charge is 2.37. The predicted octanol–water partition coefficient (Wildman–Crippen LogP) is 2.87. The van der Waals surface area contributed by atoms with Crippen molar-refractivity contribution in [3.05, 3.63) is 59.7 Å². The van der Waals surface area contributed by atoms with Crippen LogP contribution in [0.15, 0.2) is 53.4 Å². The molecule has 0 bridgehead atoms. The first-order valence-corrected chi connectivity index (χ1v) is 12.1. The van der Waals surface area contributed by atoms with Crippen LogP contribution in [0, 0.1) is 0 Å². The van der Waals surface area contributed by atoms with Gasteiger partial charge in [0.2, 0.25) is 15.9 Å². The van der Waals surface area contributed by atoms with E-state index in [2.05, 4.69) is 5.32 Å². The molecule has 0 spiro atoms. The second kappa shape index (κ2) is 8.84. The second-order valence-electron chi connectivity index (χ2n) is 8.10. The van der Waals surface area contributed by atoms with E-state index in [4.69, 9.17) is 0 Å². The summed E-state index contributed by atoms with van der Waals surface area (Å²) in [7, 11) is -2.26. The summed E-state index contributed by atoms with van der Waals surface area (Å²) in [5.41, 5.74) is 0.626. The fraction of sp³-hybridized carbons (Fsp3) is 0.348. The molecule has 4 rings (SSSR count). The fourth-order valence-corrected chi connectivity index (χ4v) is 5.87. The van der Waals surface area contributed by atoms with Gasteiger partial charge in [0.15, 0.2) is 0 Å². The van der Waals surface area contributed by atoms with Crippen LogP contribution in [0.2, 0.25) is 0 Å². The first-order valence-electron chi connectivity index (χ1n) is 10.6. The molecule has 0 atom stereocenters. The number of nitrogens with one attached hydrogen (secondary N) is 1. The quantitative estimate of drug-likeness (QED) is 0.675. The number of nitrogens with zero attached hydrogens (tertiary/aromatic N) is 2. The molecule has 32 heavy (non-hydrogen) atoms. The minimum atomic E-state index is -3.84. The summed E-state index contributed by atoms with van der Waals surface area (Å²) in [6.45, 7) is -0.501. The molecule has 0 saturated heterocycles. The summed E-state index contributed by atoms with van der Waals surface area (Å²) >= 11 is 0. The first-order chi connectivity index (χ1) is 15.3. The number of sulfonamides is 1. The fourth-order valence-electron chi connectivity index (χ4n) is 4.31. The Bertz CT molecular complexity index is 1140. The zero-order valence-electron chi connectivity index (χ0n) is 17.8. The third-order valence-corrected chi connectivity index (χ3v) is 8.06. The highest BCUT2D eigenvalue weighted by atomic mass is 32.2. The average molecular weight is 456 g/mol. The van der Waals surface area contributed by atoms with Crippen molar-refractivity contribution >= 4 is 33.4 Å². The molecule has 168 valence electrons. The molecule has 0 radical (unpaired) electrons. The Kier molecular flexibility index (Phi) is 6.12. The van der Waals surface area contributed by atoms with Crippen LogP contribution in [0.1, 0.15) is 52.8 Å². The maximum Gasteiger partial charge on any atom is 0.262 e. The van der Waals surface area contributed by atoms with Crippen LogP contribution in [-0.4, -0.2) is 55.0 Å². The van der Waals surface area contributed by atoms with Crippen molar-refractivity contribution in [2.24, 2.45) is 0 Å². The molecule has 1 saturated carbocycles. The predicted molar refractivity (Wildman–Crippen MR) is 119 cm³/mol. The topological polar surface area (TPSA) is 104 Å². The van der Waals surface area contributed by atoms with E-state index in [9.17, 15) is 22.8 Å². The molecular weight excluding hydrogens is 430 g/mol. The SMILES string of the molecule is CN(C1CCCCC1)S(=O)(=O)c1ccccc1NC(=O)CN1C(=O)c2ccccc2C1=O. The van der Waals surface area contributed by atoms with Crippen LogP contribution in [0.5, 0.6) is 0 Å². The van der Waals surface area contributed by atoms with E-state index in [1.54, 1.807) is 31.3 Å². The normalized spacial score (nSPS) is 17.0. The van der Waals surface area contributed by atoms with Gasteiger partial charge >= 0.3 is 0 Å². The van der Waals surface area contributed by atoms with E-state index < -0.39 is 34.3 Å². The van der Waals surface area contributed by atoms with Crippen molar-refractivity contribution in [3.63, 3.8) is 0 Å². The van der Waals surface area contributed by atoms with Crippen LogP contribution in [-0.2, 0) is 14.8 Å². The Labute approximate surface area is 187 Å². The van der Waals surface area contributed by atoms with E-state index in [1.165, 1.54) is 28.6 Å². The molecule has 0 unspecified atom stereocenters. The Morgan fingerprint density at radius 2 is 1.53 bits per heavy atom. The van der Waals surface area contributed by atoms with Gasteiger partial charge in [0, 0.05) is 13.1 Å². The number of benzene rings is 2. The smallest absolute Gasteiger partial charge is 0.262 e. The number of para-hydroxylation sites is 1. The second-order valence-corrected chi connectivity index (χ2v) is 10.1. The lowest BCUT2D eigenvalue weighted by Gasteiger charge is -2.31. The largest absolute Gasteiger partial charge is 0.323 e. The van der Waals surface area contributed by atoms with Crippen molar-refractivity contribution in [2.45, 2.75) is 43.0 Å². The van der Waals surface area contributed by atoms with Crippen molar-refractivity contribution in [1.29, 1.82) is 0 Å². The molecular formula is C23H25N3O5S. The summed E-state index contributed by atoms with van der Waals surface area (Å²) in [5, 5.41) is 2.58. The first kappa shape index (κ1) is 22.2. The molecule has 1 N–H and O–H groups in total. The van der Waals surface area contributed by atoms with Crippen molar-refractivity contribution in [3.8, 4) is 0 Å². The van der Waals surface area contributed by atoms with Crippen LogP contribution >= 0.6 is 0 Å². The zero-order valence-corrected chi connectivity index (χ0v) is 18.6. The van der Waals surface area contributed by atoms with Gasteiger partial charge < -0.3 is 5.32 Å². The van der Waals surface area contributed by atoms with Gasteiger partial charge in [-0.25, -0.2) is 8.42 Å². The van der Waals surface area contributed by atoms with E-state index in [-0.39, 0.29) is 27.8 Å². The van der Waals surface area contributed by atoms with Gasteiger partial charge in [0.25, 0.3) is 11.8 Å². The summed E-state index contributed by atoms with van der Waals surface area (Å²) in [5.74, 6) is -1.74. The molecule has 1 aliphatic heterocycles. The highest BCUT2D eigenvalue weighted by Crippen LogP contribution is 2.30. The Hall–Kier alpha value is -3.04. The van der Waals surface area contributed by atoms with Gasteiger partial charge in [0.1, 0.15) is 11.4 Å². The molecule has 8 nitrogen and oxygen atoms in total. The number of amides is 3. The molecule has 2 aliphatic rings. The minimum Gasteiger partial charge on any atom is -0.323 e. The van der Waals surface area contributed by atoms with Crippen molar-refractivity contribution in [1.82, 2.24) is 9.21 Å². The van der Waals surface area contributed by atoms with Crippen molar-refractivity contribution in [2.75, 3.05) is 18.9 Å². The third-order valence-electron chi connectivity index (χ3n) is 6.09. The molecule has 1 fully saturated rings. The maximum atomic E-state index is 13.3. The molecule has 3 amide bonds. The minimum absolute atomic E-state index is 0.0104.